The zero-order valence-corrected chi connectivity index (χ0v) is 20.3. The van der Waals surface area contributed by atoms with E-state index in [4.69, 9.17) is 11.0 Å². The predicted octanol–water partition coefficient (Wildman–Crippen LogP) is 5.55. The molecule has 5 aromatic rings. The molecule has 0 saturated heterocycles. The highest BCUT2D eigenvalue weighted by Gasteiger charge is 2.13. The topological polar surface area (TPSA) is 123 Å². The average molecular weight is 486 g/mol. The van der Waals surface area contributed by atoms with E-state index < -0.39 is 0 Å². The van der Waals surface area contributed by atoms with Crippen LogP contribution in [0.3, 0.4) is 0 Å². The van der Waals surface area contributed by atoms with Gasteiger partial charge in [0.25, 0.3) is 5.91 Å². The number of nitrogens with two attached hydrogens (primary N) is 1. The molecule has 0 atom stereocenters. The molecular weight excluding hydrogens is 462 g/mol. The Labute approximate surface area is 213 Å². The number of allylic oxidation sites excluding steroid dienone is 2. The zero-order valence-electron chi connectivity index (χ0n) is 20.3. The van der Waals surface area contributed by atoms with Gasteiger partial charge < -0.3 is 15.6 Å². The van der Waals surface area contributed by atoms with Gasteiger partial charge in [0.15, 0.2) is 0 Å². The lowest BCUT2D eigenvalue weighted by molar-refractivity contribution is 0.102. The van der Waals surface area contributed by atoms with E-state index in [1.54, 1.807) is 24.3 Å². The average Bonchev–Trinajstić information content (AvgIpc) is 3.33. The summed E-state index contributed by atoms with van der Waals surface area (Å²) in [6.45, 7) is 3.84. The highest BCUT2D eigenvalue weighted by atomic mass is 16.1. The zero-order chi connectivity index (χ0) is 25.9. The fourth-order valence-electron chi connectivity index (χ4n) is 4.13. The molecule has 37 heavy (non-hydrogen) atoms. The van der Waals surface area contributed by atoms with Crippen molar-refractivity contribution in [3.8, 4) is 23.1 Å². The Kier molecular flexibility index (Phi) is 6.18. The normalized spacial score (nSPS) is 11.3. The van der Waals surface area contributed by atoms with Crippen LogP contribution in [0.2, 0.25) is 0 Å². The van der Waals surface area contributed by atoms with Crippen LogP contribution < -0.4 is 11.1 Å². The van der Waals surface area contributed by atoms with Gasteiger partial charge >= 0.3 is 0 Å². The summed E-state index contributed by atoms with van der Waals surface area (Å²) in [5.41, 5.74) is 12.3. The van der Waals surface area contributed by atoms with Crippen LogP contribution in [-0.4, -0.2) is 25.4 Å². The predicted molar refractivity (Wildman–Crippen MR) is 145 cm³/mol. The third-order valence-corrected chi connectivity index (χ3v) is 6.13. The lowest BCUT2D eigenvalue weighted by Crippen LogP contribution is -2.12. The molecular formula is C29H23N7O. The Hall–Kier alpha value is -5.29. The first-order valence-corrected chi connectivity index (χ1v) is 11.6. The fourth-order valence-corrected chi connectivity index (χ4v) is 4.13. The lowest BCUT2D eigenvalue weighted by Gasteiger charge is -2.12. The summed E-state index contributed by atoms with van der Waals surface area (Å²) in [5.74, 6) is 0.821. The van der Waals surface area contributed by atoms with Crippen molar-refractivity contribution >= 4 is 33.9 Å². The Morgan fingerprint density at radius 3 is 2.70 bits per heavy atom. The first kappa shape index (κ1) is 23.5. The van der Waals surface area contributed by atoms with Gasteiger partial charge in [0.05, 0.1) is 17.3 Å². The van der Waals surface area contributed by atoms with Gasteiger partial charge in [-0.05, 0) is 66.9 Å². The van der Waals surface area contributed by atoms with E-state index in [1.165, 1.54) is 12.4 Å². The summed E-state index contributed by atoms with van der Waals surface area (Å²) in [6.07, 6.45) is 6.64. The minimum atomic E-state index is -0.236. The highest BCUT2D eigenvalue weighted by Crippen LogP contribution is 2.29. The third-order valence-electron chi connectivity index (χ3n) is 6.13. The van der Waals surface area contributed by atoms with Crippen molar-refractivity contribution in [2.75, 3.05) is 11.1 Å². The van der Waals surface area contributed by atoms with Crippen molar-refractivity contribution in [1.29, 1.82) is 5.26 Å². The molecule has 2 aromatic carbocycles. The number of aryl methyl sites for hydroxylation is 1. The number of hydrogen-bond acceptors (Lipinski definition) is 6. The Morgan fingerprint density at radius 1 is 1.05 bits per heavy atom. The van der Waals surface area contributed by atoms with Crippen LogP contribution in [0.5, 0.6) is 0 Å². The van der Waals surface area contributed by atoms with Gasteiger partial charge in [0.1, 0.15) is 18.0 Å². The van der Waals surface area contributed by atoms with Gasteiger partial charge in [-0.15, -0.1) is 0 Å². The number of rotatable bonds is 5. The number of nitrogen functional groups attached to an aromatic ring is 1. The maximum Gasteiger partial charge on any atom is 0.255 e. The summed E-state index contributed by atoms with van der Waals surface area (Å²) in [6, 6.07) is 20.6. The largest absolute Gasteiger partial charge is 0.384 e. The smallest absolute Gasteiger partial charge is 0.255 e. The molecule has 0 saturated carbocycles. The number of anilines is 2. The molecule has 0 aliphatic rings. The molecule has 0 fully saturated rings. The number of nitrogens with one attached hydrogen (secondary N) is 1. The monoisotopic (exact) mass is 485 g/mol. The number of benzene rings is 2. The molecule has 3 heterocycles. The van der Waals surface area contributed by atoms with Gasteiger partial charge in [-0.25, -0.2) is 9.97 Å². The van der Waals surface area contributed by atoms with Crippen LogP contribution in [0.15, 0.2) is 85.5 Å². The Balaban J connectivity index is 1.47. The summed E-state index contributed by atoms with van der Waals surface area (Å²) >= 11 is 0. The number of amides is 1. The van der Waals surface area contributed by atoms with Gasteiger partial charge in [0.2, 0.25) is 0 Å². The molecule has 5 rings (SSSR count). The minimum Gasteiger partial charge on any atom is -0.384 e. The molecule has 0 spiro atoms. The first-order valence-electron chi connectivity index (χ1n) is 11.6. The highest BCUT2D eigenvalue weighted by molar-refractivity contribution is 6.05. The van der Waals surface area contributed by atoms with Gasteiger partial charge in [-0.3, -0.25) is 9.78 Å². The van der Waals surface area contributed by atoms with Crippen LogP contribution >= 0.6 is 0 Å². The summed E-state index contributed by atoms with van der Waals surface area (Å²) < 4.78 is 1.94. The second kappa shape index (κ2) is 9.76. The molecule has 180 valence electrons. The number of aromatic nitrogens is 4. The third kappa shape index (κ3) is 4.79. The van der Waals surface area contributed by atoms with Gasteiger partial charge in [-0.1, -0.05) is 18.2 Å². The standard InChI is InChI=1S/C29H23N7O/c1-18(8-10-30)20-4-3-5-21(12-20)29(37)35-23-7-6-19(2)24(13-23)25-14-26-22(16-32-25)9-11-36(26)28-15-27(31)33-17-34-28/h3-9,11-17H,1-2H3,(H,35,37)(H2,31,33,34)/b18-8+. The molecule has 0 unspecified atom stereocenters. The summed E-state index contributed by atoms with van der Waals surface area (Å²) in [5, 5.41) is 12.9. The summed E-state index contributed by atoms with van der Waals surface area (Å²) in [4.78, 5) is 26.0. The van der Waals surface area contributed by atoms with E-state index in [-0.39, 0.29) is 5.91 Å². The Bertz CT molecular complexity index is 1730. The van der Waals surface area contributed by atoms with Crippen molar-refractivity contribution in [3.63, 3.8) is 0 Å². The maximum absolute atomic E-state index is 13.0. The van der Waals surface area contributed by atoms with E-state index >= 15 is 0 Å². The van der Waals surface area contributed by atoms with Crippen LogP contribution in [0.1, 0.15) is 28.4 Å². The molecule has 8 heteroatoms. The molecule has 3 aromatic heterocycles. The fraction of sp³-hybridized carbons (Fsp3) is 0.0690. The second-order valence-electron chi connectivity index (χ2n) is 8.64. The van der Waals surface area contributed by atoms with Crippen molar-refractivity contribution in [2.24, 2.45) is 0 Å². The van der Waals surface area contributed by atoms with E-state index in [1.807, 2.05) is 73.3 Å². The van der Waals surface area contributed by atoms with Crippen LogP contribution in [-0.2, 0) is 0 Å². The number of pyridine rings is 1. The van der Waals surface area contributed by atoms with E-state index in [0.717, 1.165) is 38.9 Å². The van der Waals surface area contributed by atoms with E-state index in [0.29, 0.717) is 22.9 Å². The summed E-state index contributed by atoms with van der Waals surface area (Å²) in [7, 11) is 0. The van der Waals surface area contributed by atoms with Gasteiger partial charge in [0, 0.05) is 46.7 Å². The van der Waals surface area contributed by atoms with Crippen molar-refractivity contribution in [1.82, 2.24) is 19.5 Å². The van der Waals surface area contributed by atoms with Crippen LogP contribution in [0.25, 0.3) is 33.6 Å². The molecule has 0 bridgehead atoms. The second-order valence-corrected chi connectivity index (χ2v) is 8.64. The Morgan fingerprint density at radius 2 is 1.89 bits per heavy atom. The maximum atomic E-state index is 13.0. The van der Waals surface area contributed by atoms with Gasteiger partial charge in [-0.2, -0.15) is 5.26 Å². The van der Waals surface area contributed by atoms with Crippen molar-refractivity contribution in [2.45, 2.75) is 13.8 Å². The van der Waals surface area contributed by atoms with E-state index in [2.05, 4.69) is 20.3 Å². The SMILES string of the molecule is C/C(=C\C#N)c1cccc(C(=O)Nc2ccc(C)c(-c3cc4c(ccn4-c4cc(N)ncn4)cn3)c2)c1. The number of nitriles is 1. The number of nitrogens with zero attached hydrogens (tertiary/aromatic N) is 5. The van der Waals surface area contributed by atoms with Crippen LogP contribution in [0, 0.1) is 18.3 Å². The number of hydrogen-bond donors (Lipinski definition) is 2. The number of carbonyl (C=O) groups excluding carboxylic acids is 1. The molecule has 3 N–H and O–H groups in total. The lowest BCUT2D eigenvalue weighted by atomic mass is 10.0. The molecule has 0 aliphatic heterocycles. The van der Waals surface area contributed by atoms with E-state index in [9.17, 15) is 4.79 Å². The van der Waals surface area contributed by atoms with Crippen molar-refractivity contribution in [3.05, 3.63) is 102 Å². The molecule has 0 radical (unpaired) electrons. The number of carbonyl (C=O) groups is 1. The quantitative estimate of drug-likeness (QED) is 0.315. The number of fused-ring (bicyclic) bond motifs is 1. The first-order chi connectivity index (χ1) is 17.9. The molecule has 0 aliphatic carbocycles. The molecule has 8 nitrogen and oxygen atoms in total. The minimum absolute atomic E-state index is 0.236. The van der Waals surface area contributed by atoms with Crippen LogP contribution in [0.4, 0.5) is 11.5 Å². The molecule has 1 amide bonds. The van der Waals surface area contributed by atoms with Crippen molar-refractivity contribution < 1.29 is 4.79 Å².